The minimum Gasteiger partial charge on any atom is -0.483 e. The van der Waals surface area contributed by atoms with Gasteiger partial charge in [-0.05, 0) is 37.3 Å². The first kappa shape index (κ1) is 23.7. The predicted octanol–water partition coefficient (Wildman–Crippen LogP) is 3.67. The third-order valence-corrected chi connectivity index (χ3v) is 7.58. The number of hydrogen-bond donors (Lipinski definition) is 3. The third kappa shape index (κ3) is 3.74. The van der Waals surface area contributed by atoms with E-state index in [1.165, 1.54) is 18.2 Å². The maximum Gasteiger partial charge on any atom is 0.292 e. The summed E-state index contributed by atoms with van der Waals surface area (Å²) in [4.78, 5) is 24.6. The van der Waals surface area contributed by atoms with Crippen LogP contribution in [0.15, 0.2) is 102 Å². The highest BCUT2D eigenvalue weighted by Gasteiger charge is 2.59. The molecule has 0 amide bonds. The highest BCUT2D eigenvalue weighted by Crippen LogP contribution is 2.43. The summed E-state index contributed by atoms with van der Waals surface area (Å²) in [5, 5.41) is 3.11. The van der Waals surface area contributed by atoms with E-state index in [1.54, 1.807) is 54.6 Å². The Labute approximate surface area is 207 Å². The number of anilines is 1. The molecule has 3 aromatic rings. The lowest BCUT2D eigenvalue weighted by atomic mass is 9.75. The number of allylic oxidation sites excluding steroid dienone is 1. The molecule has 0 spiro atoms. The van der Waals surface area contributed by atoms with Gasteiger partial charge in [0, 0.05) is 16.8 Å². The Morgan fingerprint density at radius 3 is 2.08 bits per heavy atom. The van der Waals surface area contributed by atoms with E-state index in [2.05, 4.69) is 5.32 Å². The smallest absolute Gasteiger partial charge is 0.292 e. The van der Waals surface area contributed by atoms with E-state index in [0.29, 0.717) is 5.69 Å². The SMILES string of the molecule is Cc1ccc(NC2=CC(Oc3ccccc3)C(N)(S(=O)(=O)O)C3=C2C(=O)c2ccccc2C3=O)cc1. The number of Topliss-reactive ketones (excluding diaryl/α,β-unsaturated/α-hetero) is 2. The first-order valence-corrected chi connectivity index (χ1v) is 12.5. The number of fused-ring (bicyclic) bond motifs is 1. The first-order chi connectivity index (χ1) is 17.1. The molecule has 0 aromatic heterocycles. The van der Waals surface area contributed by atoms with Gasteiger partial charge in [0.05, 0.1) is 16.8 Å². The van der Waals surface area contributed by atoms with Crippen molar-refractivity contribution in [2.24, 2.45) is 5.73 Å². The molecule has 9 heteroatoms. The molecule has 0 radical (unpaired) electrons. The maximum absolute atomic E-state index is 13.7. The molecule has 0 bridgehead atoms. The summed E-state index contributed by atoms with van der Waals surface area (Å²) in [6.45, 7) is 1.92. The zero-order chi connectivity index (χ0) is 25.7. The quantitative estimate of drug-likeness (QED) is 0.450. The molecule has 2 unspecified atom stereocenters. The molecule has 2 aliphatic rings. The molecule has 2 aliphatic carbocycles. The van der Waals surface area contributed by atoms with Crippen molar-refractivity contribution in [3.8, 4) is 5.75 Å². The Balaban J connectivity index is 1.76. The van der Waals surface area contributed by atoms with Crippen LogP contribution in [0.2, 0.25) is 0 Å². The summed E-state index contributed by atoms with van der Waals surface area (Å²) in [6.07, 6.45) is -0.234. The largest absolute Gasteiger partial charge is 0.483 e. The van der Waals surface area contributed by atoms with Crippen molar-refractivity contribution < 1.29 is 27.3 Å². The highest BCUT2D eigenvalue weighted by molar-refractivity contribution is 7.87. The highest BCUT2D eigenvalue weighted by atomic mass is 32.2. The summed E-state index contributed by atoms with van der Waals surface area (Å²) in [5.41, 5.74) is 7.47. The van der Waals surface area contributed by atoms with Gasteiger partial charge >= 0.3 is 0 Å². The van der Waals surface area contributed by atoms with Gasteiger partial charge in [0.2, 0.25) is 4.87 Å². The summed E-state index contributed by atoms with van der Waals surface area (Å²) < 4.78 is 42.0. The summed E-state index contributed by atoms with van der Waals surface area (Å²) >= 11 is 0. The number of carbonyl (C=O) groups excluding carboxylic acids is 2. The van der Waals surface area contributed by atoms with E-state index in [1.807, 2.05) is 19.1 Å². The molecule has 8 nitrogen and oxygen atoms in total. The molecule has 5 rings (SSSR count). The number of carbonyl (C=O) groups is 2. The molecule has 0 aliphatic heterocycles. The van der Waals surface area contributed by atoms with Crippen molar-refractivity contribution in [2.75, 3.05) is 5.32 Å². The van der Waals surface area contributed by atoms with Gasteiger partial charge in [0.1, 0.15) is 5.75 Å². The lowest BCUT2D eigenvalue weighted by Gasteiger charge is -2.40. The maximum atomic E-state index is 13.7. The van der Waals surface area contributed by atoms with E-state index < -0.39 is 38.2 Å². The van der Waals surface area contributed by atoms with E-state index in [4.69, 9.17) is 10.5 Å². The van der Waals surface area contributed by atoms with Gasteiger partial charge in [-0.3, -0.25) is 14.1 Å². The number of ketones is 2. The molecule has 182 valence electrons. The standard InChI is InChI=1S/C27H22N2O6S/c1-16-11-13-17(14-12-16)29-21-15-22(35-18-7-3-2-4-8-18)27(28,36(32,33)34)24-23(21)25(30)19-9-5-6-10-20(19)26(24)31/h2-15,22,29H,28H2,1H3,(H,32,33,34). The normalized spacial score (nSPS) is 21.4. The van der Waals surface area contributed by atoms with Gasteiger partial charge < -0.3 is 15.8 Å². The van der Waals surface area contributed by atoms with Gasteiger partial charge in [0.25, 0.3) is 10.1 Å². The second-order valence-electron chi connectivity index (χ2n) is 8.64. The molecule has 36 heavy (non-hydrogen) atoms. The van der Waals surface area contributed by atoms with Crippen LogP contribution in [0.25, 0.3) is 0 Å². The first-order valence-electron chi connectivity index (χ1n) is 11.1. The lowest BCUT2D eigenvalue weighted by Crippen LogP contribution is -2.63. The third-order valence-electron chi connectivity index (χ3n) is 6.28. The second kappa shape index (κ2) is 8.56. The molecule has 4 N–H and O–H groups in total. The van der Waals surface area contributed by atoms with Crippen molar-refractivity contribution >= 4 is 27.4 Å². The van der Waals surface area contributed by atoms with Gasteiger partial charge in [-0.2, -0.15) is 8.42 Å². The van der Waals surface area contributed by atoms with Gasteiger partial charge in [-0.25, -0.2) is 0 Å². The van der Waals surface area contributed by atoms with Crippen LogP contribution in [0.3, 0.4) is 0 Å². The fourth-order valence-electron chi connectivity index (χ4n) is 4.45. The minimum atomic E-state index is -5.18. The van der Waals surface area contributed by atoms with Crippen LogP contribution in [0.4, 0.5) is 5.69 Å². The Bertz CT molecular complexity index is 1560. The molecular formula is C27H22N2O6S. The summed E-state index contributed by atoms with van der Waals surface area (Å²) in [6, 6.07) is 21.6. The molecule has 0 heterocycles. The van der Waals surface area contributed by atoms with E-state index in [0.717, 1.165) is 5.56 Å². The van der Waals surface area contributed by atoms with Crippen molar-refractivity contribution in [3.63, 3.8) is 0 Å². The minimum absolute atomic E-state index is 0.00484. The van der Waals surface area contributed by atoms with E-state index >= 15 is 0 Å². The number of nitrogens with two attached hydrogens (primary N) is 1. The zero-order valence-corrected chi connectivity index (χ0v) is 20.0. The molecule has 2 atom stereocenters. The van der Waals surface area contributed by atoms with Crippen LogP contribution in [0, 0.1) is 6.92 Å². The monoisotopic (exact) mass is 502 g/mol. The molecular weight excluding hydrogens is 480 g/mol. The molecule has 0 saturated carbocycles. The van der Waals surface area contributed by atoms with Crippen LogP contribution in [-0.2, 0) is 10.1 Å². The van der Waals surface area contributed by atoms with Crippen molar-refractivity contribution in [1.29, 1.82) is 0 Å². The van der Waals surface area contributed by atoms with Crippen molar-refractivity contribution in [1.82, 2.24) is 0 Å². The lowest BCUT2D eigenvalue weighted by molar-refractivity contribution is 0.0950. The number of benzene rings is 3. The molecule has 0 fully saturated rings. The Hall–Kier alpha value is -4.05. The van der Waals surface area contributed by atoms with Crippen molar-refractivity contribution in [2.45, 2.75) is 17.9 Å². The number of para-hydroxylation sites is 1. The average molecular weight is 503 g/mol. The number of hydrogen-bond acceptors (Lipinski definition) is 7. The average Bonchev–Trinajstić information content (AvgIpc) is 2.85. The topological polar surface area (TPSA) is 136 Å². The van der Waals surface area contributed by atoms with Crippen LogP contribution in [-0.4, -0.2) is 35.5 Å². The number of rotatable bonds is 5. The van der Waals surface area contributed by atoms with Gasteiger partial charge in [0.15, 0.2) is 17.7 Å². The summed E-state index contributed by atoms with van der Waals surface area (Å²) in [7, 11) is -5.18. The Kier molecular flexibility index (Phi) is 5.63. The Morgan fingerprint density at radius 1 is 0.889 bits per heavy atom. The number of nitrogens with one attached hydrogen (secondary N) is 1. The zero-order valence-electron chi connectivity index (χ0n) is 19.1. The second-order valence-corrected chi connectivity index (χ2v) is 10.3. The van der Waals surface area contributed by atoms with Crippen molar-refractivity contribution in [3.05, 3.63) is 118 Å². The van der Waals surface area contributed by atoms with Gasteiger partial charge in [-0.1, -0.05) is 60.2 Å². The number of ether oxygens (including phenoxy) is 1. The molecule has 3 aromatic carbocycles. The predicted molar refractivity (Wildman–Crippen MR) is 134 cm³/mol. The van der Waals surface area contributed by atoms with Gasteiger partial charge in [-0.15, -0.1) is 0 Å². The van der Waals surface area contributed by atoms with Crippen LogP contribution < -0.4 is 15.8 Å². The van der Waals surface area contributed by atoms with E-state index in [9.17, 15) is 22.6 Å². The Morgan fingerprint density at radius 2 is 1.47 bits per heavy atom. The van der Waals surface area contributed by atoms with Crippen LogP contribution in [0.5, 0.6) is 5.75 Å². The van der Waals surface area contributed by atoms with Crippen LogP contribution in [0.1, 0.15) is 26.3 Å². The fourth-order valence-corrected chi connectivity index (χ4v) is 5.31. The summed E-state index contributed by atoms with van der Waals surface area (Å²) in [5.74, 6) is -1.12. The fraction of sp³-hybridized carbons (Fsp3) is 0.111. The van der Waals surface area contributed by atoms with E-state index in [-0.39, 0.29) is 28.1 Å². The van der Waals surface area contributed by atoms with Crippen LogP contribution >= 0.6 is 0 Å². The molecule has 0 saturated heterocycles. The number of aryl methyl sites for hydroxylation is 1.